The van der Waals surface area contributed by atoms with E-state index in [9.17, 15) is 9.59 Å². The molecular formula is C30H27NO5. The normalized spacial score (nSPS) is 14.7. The van der Waals surface area contributed by atoms with Gasteiger partial charge in [-0.25, -0.2) is 0 Å². The number of hydrogen-bond acceptors (Lipinski definition) is 5. The highest BCUT2D eigenvalue weighted by atomic mass is 16.5. The number of aryl methyl sites for hydroxylation is 1. The number of nitrogens with zero attached hydrogens (tertiary/aromatic N) is 1. The van der Waals surface area contributed by atoms with Crippen LogP contribution in [-0.4, -0.2) is 24.0 Å². The molecule has 0 saturated carbocycles. The molecule has 1 aromatic heterocycles. The molecule has 0 N–H and O–H groups in total. The Bertz CT molecular complexity index is 1500. The minimum atomic E-state index is -0.637. The van der Waals surface area contributed by atoms with Crippen LogP contribution in [0, 0.1) is 6.92 Å². The first-order valence-corrected chi connectivity index (χ1v) is 11.9. The Balaban J connectivity index is 1.68. The van der Waals surface area contributed by atoms with Crippen LogP contribution in [0.5, 0.6) is 11.5 Å². The fraction of sp³-hybridized carbons (Fsp3) is 0.200. The topological polar surface area (TPSA) is 69.0 Å². The Morgan fingerprint density at radius 2 is 1.78 bits per heavy atom. The second-order valence-electron chi connectivity index (χ2n) is 8.73. The third kappa shape index (κ3) is 4.15. The molecule has 1 unspecified atom stereocenters. The number of rotatable bonds is 8. The Morgan fingerprint density at radius 3 is 2.53 bits per heavy atom. The van der Waals surface area contributed by atoms with Crippen LogP contribution in [0.15, 0.2) is 88.6 Å². The highest BCUT2D eigenvalue weighted by molar-refractivity contribution is 5.99. The molecule has 0 fully saturated rings. The van der Waals surface area contributed by atoms with Gasteiger partial charge in [-0.2, -0.15) is 0 Å². The van der Waals surface area contributed by atoms with Crippen molar-refractivity contribution in [3.63, 3.8) is 0 Å². The summed E-state index contributed by atoms with van der Waals surface area (Å²) in [5.74, 6) is 0.878. The molecule has 1 amide bonds. The summed E-state index contributed by atoms with van der Waals surface area (Å²) in [5, 5.41) is 0.446. The number of benzene rings is 3. The van der Waals surface area contributed by atoms with E-state index in [-0.39, 0.29) is 17.1 Å². The molecule has 4 aromatic rings. The van der Waals surface area contributed by atoms with Crippen molar-refractivity contribution in [1.29, 1.82) is 0 Å². The number of fused-ring (bicyclic) bond motifs is 2. The molecule has 0 spiro atoms. The largest absolute Gasteiger partial charge is 0.490 e. The van der Waals surface area contributed by atoms with Crippen LogP contribution in [0.3, 0.4) is 0 Å². The summed E-state index contributed by atoms with van der Waals surface area (Å²) in [6, 6.07) is 19.9. The zero-order chi connectivity index (χ0) is 25.2. The Kier molecular flexibility index (Phi) is 6.34. The summed E-state index contributed by atoms with van der Waals surface area (Å²) in [5.41, 5.74) is 3.36. The van der Waals surface area contributed by atoms with Gasteiger partial charge in [-0.15, -0.1) is 0 Å². The van der Waals surface area contributed by atoms with E-state index in [4.69, 9.17) is 13.9 Å². The summed E-state index contributed by atoms with van der Waals surface area (Å²) in [6.45, 7) is 8.70. The quantitative estimate of drug-likeness (QED) is 0.297. The SMILES string of the molecule is C=CCOc1ccc(C2c3c(oc4ccccc4c3=O)C(=O)N2Cc2ccc(C)cc2)cc1OCC. The van der Waals surface area contributed by atoms with Gasteiger partial charge < -0.3 is 18.8 Å². The van der Waals surface area contributed by atoms with Crippen molar-refractivity contribution in [2.45, 2.75) is 26.4 Å². The van der Waals surface area contributed by atoms with E-state index in [2.05, 4.69) is 6.58 Å². The molecule has 3 aromatic carbocycles. The average Bonchev–Trinajstić information content (AvgIpc) is 3.16. The molecule has 0 saturated heterocycles. The van der Waals surface area contributed by atoms with E-state index < -0.39 is 6.04 Å². The summed E-state index contributed by atoms with van der Waals surface area (Å²) in [4.78, 5) is 29.1. The fourth-order valence-electron chi connectivity index (χ4n) is 4.60. The van der Waals surface area contributed by atoms with Crippen LogP contribution < -0.4 is 14.9 Å². The van der Waals surface area contributed by atoms with E-state index in [1.54, 1.807) is 41.3 Å². The molecule has 0 aliphatic carbocycles. The van der Waals surface area contributed by atoms with Crippen LogP contribution in [0.4, 0.5) is 0 Å². The van der Waals surface area contributed by atoms with E-state index in [1.165, 1.54) is 0 Å². The van der Waals surface area contributed by atoms with Crippen molar-refractivity contribution < 1.29 is 18.7 Å². The first-order valence-electron chi connectivity index (χ1n) is 11.9. The summed E-state index contributed by atoms with van der Waals surface area (Å²) >= 11 is 0. The highest BCUT2D eigenvalue weighted by Crippen LogP contribution is 2.41. The third-order valence-electron chi connectivity index (χ3n) is 6.29. The van der Waals surface area contributed by atoms with E-state index in [1.807, 2.05) is 50.2 Å². The molecule has 1 atom stereocenters. The van der Waals surface area contributed by atoms with Crippen molar-refractivity contribution in [2.24, 2.45) is 0 Å². The molecule has 36 heavy (non-hydrogen) atoms. The maximum Gasteiger partial charge on any atom is 0.291 e. The predicted molar refractivity (Wildman–Crippen MR) is 139 cm³/mol. The Labute approximate surface area is 209 Å². The van der Waals surface area contributed by atoms with Gasteiger partial charge in [0.25, 0.3) is 5.91 Å². The summed E-state index contributed by atoms with van der Waals surface area (Å²) < 4.78 is 17.6. The van der Waals surface area contributed by atoms with Gasteiger partial charge in [0, 0.05) is 6.54 Å². The molecular weight excluding hydrogens is 454 g/mol. The first kappa shape index (κ1) is 23.4. The smallest absolute Gasteiger partial charge is 0.291 e. The van der Waals surface area contributed by atoms with Gasteiger partial charge in [0.2, 0.25) is 5.76 Å². The number of para-hydroxylation sites is 1. The van der Waals surface area contributed by atoms with Gasteiger partial charge in [0.15, 0.2) is 16.9 Å². The molecule has 5 rings (SSSR count). The number of amides is 1. The van der Waals surface area contributed by atoms with Gasteiger partial charge >= 0.3 is 0 Å². The number of ether oxygens (including phenoxy) is 2. The van der Waals surface area contributed by atoms with E-state index in [0.717, 1.165) is 16.7 Å². The molecule has 6 nitrogen and oxygen atoms in total. The lowest BCUT2D eigenvalue weighted by Crippen LogP contribution is -2.29. The first-order chi connectivity index (χ1) is 17.5. The predicted octanol–water partition coefficient (Wildman–Crippen LogP) is 5.81. The second kappa shape index (κ2) is 9.74. The average molecular weight is 482 g/mol. The van der Waals surface area contributed by atoms with Gasteiger partial charge in [0.1, 0.15) is 12.2 Å². The lowest BCUT2D eigenvalue weighted by Gasteiger charge is -2.26. The molecule has 1 aliphatic rings. The minimum absolute atomic E-state index is 0.0840. The standard InChI is InChI=1S/C30H27NO5/c1-4-16-35-24-15-14-21(17-25(24)34-5-2)27-26-28(32)22-8-6-7-9-23(22)36-29(26)30(33)31(27)18-20-12-10-19(3)11-13-20/h4,6-15,17,27H,1,5,16,18H2,2-3H3. The molecule has 0 bridgehead atoms. The van der Waals surface area contributed by atoms with Crippen molar-refractivity contribution in [3.05, 3.63) is 118 Å². The van der Waals surface area contributed by atoms with Gasteiger partial charge in [-0.1, -0.05) is 60.7 Å². The maximum atomic E-state index is 13.7. The summed E-state index contributed by atoms with van der Waals surface area (Å²) in [6.07, 6.45) is 1.66. The monoisotopic (exact) mass is 481 g/mol. The minimum Gasteiger partial charge on any atom is -0.490 e. The Morgan fingerprint density at radius 1 is 1.00 bits per heavy atom. The lowest BCUT2D eigenvalue weighted by molar-refractivity contribution is 0.0714. The van der Waals surface area contributed by atoms with Crippen molar-refractivity contribution in [2.75, 3.05) is 13.2 Å². The van der Waals surface area contributed by atoms with Gasteiger partial charge in [-0.3, -0.25) is 9.59 Å². The van der Waals surface area contributed by atoms with Crippen molar-refractivity contribution in [3.8, 4) is 11.5 Å². The molecule has 2 heterocycles. The van der Waals surface area contributed by atoms with Crippen LogP contribution in [0.1, 0.15) is 45.8 Å². The number of carbonyl (C=O) groups is 1. The highest BCUT2D eigenvalue weighted by Gasteiger charge is 2.43. The Hall–Kier alpha value is -4.32. The van der Waals surface area contributed by atoms with Gasteiger partial charge in [-0.05, 0) is 49.2 Å². The zero-order valence-electron chi connectivity index (χ0n) is 20.3. The fourth-order valence-corrected chi connectivity index (χ4v) is 4.60. The maximum absolute atomic E-state index is 13.7. The van der Waals surface area contributed by atoms with Crippen molar-refractivity contribution in [1.82, 2.24) is 4.90 Å². The van der Waals surface area contributed by atoms with E-state index in [0.29, 0.717) is 47.8 Å². The number of carbonyl (C=O) groups excluding carboxylic acids is 1. The molecule has 0 radical (unpaired) electrons. The van der Waals surface area contributed by atoms with Gasteiger partial charge in [0.05, 0.1) is 23.6 Å². The van der Waals surface area contributed by atoms with Crippen LogP contribution in [0.25, 0.3) is 11.0 Å². The second-order valence-corrected chi connectivity index (χ2v) is 8.73. The lowest BCUT2D eigenvalue weighted by atomic mass is 9.97. The molecule has 182 valence electrons. The number of hydrogen-bond donors (Lipinski definition) is 0. The summed E-state index contributed by atoms with van der Waals surface area (Å²) in [7, 11) is 0. The van der Waals surface area contributed by atoms with Crippen LogP contribution in [-0.2, 0) is 6.54 Å². The molecule has 6 heteroatoms. The van der Waals surface area contributed by atoms with E-state index >= 15 is 0 Å². The third-order valence-corrected chi connectivity index (χ3v) is 6.29. The van der Waals surface area contributed by atoms with Crippen molar-refractivity contribution >= 4 is 16.9 Å². The van der Waals surface area contributed by atoms with Crippen LogP contribution in [0.2, 0.25) is 0 Å². The molecule has 1 aliphatic heterocycles. The zero-order valence-corrected chi connectivity index (χ0v) is 20.3. The van der Waals surface area contributed by atoms with Crippen LogP contribution >= 0.6 is 0 Å².